The van der Waals surface area contributed by atoms with Gasteiger partial charge in [-0.3, -0.25) is 0 Å². The van der Waals surface area contributed by atoms with Crippen LogP contribution < -0.4 is 5.32 Å². The Morgan fingerprint density at radius 1 is 1.44 bits per heavy atom. The van der Waals surface area contributed by atoms with Crippen LogP contribution in [0.2, 0.25) is 0 Å². The predicted molar refractivity (Wildman–Crippen MR) is 72.7 cm³/mol. The molecule has 0 bridgehead atoms. The first-order valence-electron chi connectivity index (χ1n) is 6.90. The van der Waals surface area contributed by atoms with E-state index in [9.17, 15) is 5.11 Å². The molecule has 0 spiro atoms. The largest absolute Gasteiger partial charge is 0.389 e. The lowest BCUT2D eigenvalue weighted by atomic mass is 9.64. The summed E-state index contributed by atoms with van der Waals surface area (Å²) in [5, 5.41) is 13.6. The topological polar surface area (TPSA) is 50.7 Å². The zero-order valence-electron chi connectivity index (χ0n) is 12.5. The maximum Gasteiger partial charge on any atom is 0.0765 e. The van der Waals surface area contributed by atoms with E-state index < -0.39 is 5.60 Å². The van der Waals surface area contributed by atoms with Crippen LogP contribution in [0, 0.1) is 5.41 Å². The molecule has 0 aromatic heterocycles. The summed E-state index contributed by atoms with van der Waals surface area (Å²) in [6.07, 6.45) is 2.02. The Labute approximate surface area is 111 Å². The number of hydrogen-bond acceptors (Lipinski definition) is 4. The summed E-state index contributed by atoms with van der Waals surface area (Å²) in [7, 11) is 1.66. The maximum absolute atomic E-state index is 10.2. The van der Waals surface area contributed by atoms with Gasteiger partial charge >= 0.3 is 0 Å². The van der Waals surface area contributed by atoms with E-state index in [1.54, 1.807) is 7.11 Å². The fraction of sp³-hybridized carbons (Fsp3) is 1.00. The van der Waals surface area contributed by atoms with Crippen molar-refractivity contribution in [2.45, 2.75) is 58.3 Å². The average molecular weight is 259 g/mol. The molecule has 1 rings (SSSR count). The molecule has 0 aliphatic heterocycles. The van der Waals surface area contributed by atoms with Crippen molar-refractivity contribution in [3.63, 3.8) is 0 Å². The third kappa shape index (κ3) is 3.92. The summed E-state index contributed by atoms with van der Waals surface area (Å²) in [4.78, 5) is 0. The van der Waals surface area contributed by atoms with Gasteiger partial charge in [0.1, 0.15) is 0 Å². The van der Waals surface area contributed by atoms with E-state index in [0.29, 0.717) is 31.7 Å². The molecule has 18 heavy (non-hydrogen) atoms. The summed E-state index contributed by atoms with van der Waals surface area (Å²) >= 11 is 0. The average Bonchev–Trinajstić information content (AvgIpc) is 2.30. The van der Waals surface area contributed by atoms with Gasteiger partial charge in [-0.2, -0.15) is 0 Å². The van der Waals surface area contributed by atoms with E-state index in [1.165, 1.54) is 0 Å². The molecule has 3 atom stereocenters. The predicted octanol–water partition coefficient (Wildman–Crippen LogP) is 1.57. The second-order valence-corrected chi connectivity index (χ2v) is 6.17. The van der Waals surface area contributed by atoms with E-state index in [1.807, 2.05) is 13.8 Å². The van der Waals surface area contributed by atoms with E-state index in [4.69, 9.17) is 9.47 Å². The highest BCUT2D eigenvalue weighted by molar-refractivity contribution is 5.03. The Kier molecular flexibility index (Phi) is 5.59. The van der Waals surface area contributed by atoms with E-state index in [0.717, 1.165) is 13.0 Å². The summed E-state index contributed by atoms with van der Waals surface area (Å²) in [6, 6.07) is 0.420. The molecular formula is C14H29NO3. The highest BCUT2D eigenvalue weighted by Gasteiger charge is 2.48. The van der Waals surface area contributed by atoms with Gasteiger partial charge in [-0.1, -0.05) is 13.8 Å². The van der Waals surface area contributed by atoms with Gasteiger partial charge in [-0.15, -0.1) is 0 Å². The van der Waals surface area contributed by atoms with Crippen LogP contribution in [-0.2, 0) is 9.47 Å². The minimum atomic E-state index is -0.706. The van der Waals surface area contributed by atoms with Crippen LogP contribution in [0.25, 0.3) is 0 Å². The van der Waals surface area contributed by atoms with Crippen molar-refractivity contribution in [1.82, 2.24) is 5.32 Å². The molecule has 4 heteroatoms. The van der Waals surface area contributed by atoms with Crippen molar-refractivity contribution in [3.8, 4) is 0 Å². The summed E-state index contributed by atoms with van der Waals surface area (Å²) in [6.45, 7) is 10.3. The zero-order chi connectivity index (χ0) is 13.8. The smallest absolute Gasteiger partial charge is 0.0765 e. The lowest BCUT2D eigenvalue weighted by Crippen LogP contribution is -2.62. The molecule has 4 nitrogen and oxygen atoms in total. The fourth-order valence-electron chi connectivity index (χ4n) is 2.47. The molecule has 108 valence electrons. The van der Waals surface area contributed by atoms with E-state index >= 15 is 0 Å². The Bertz CT molecular complexity index is 253. The highest BCUT2D eigenvalue weighted by atomic mass is 16.5. The molecule has 0 aromatic rings. The zero-order valence-corrected chi connectivity index (χ0v) is 12.5. The second-order valence-electron chi connectivity index (χ2n) is 6.17. The quantitative estimate of drug-likeness (QED) is 0.695. The van der Waals surface area contributed by atoms with E-state index in [-0.39, 0.29) is 5.41 Å². The van der Waals surface area contributed by atoms with Gasteiger partial charge in [0.05, 0.1) is 11.7 Å². The maximum atomic E-state index is 10.2. The molecule has 0 saturated heterocycles. The molecule has 0 radical (unpaired) electrons. The van der Waals surface area contributed by atoms with Crippen molar-refractivity contribution in [1.29, 1.82) is 0 Å². The molecule has 0 aromatic carbocycles. The third-order valence-electron chi connectivity index (χ3n) is 4.12. The summed E-state index contributed by atoms with van der Waals surface area (Å²) < 4.78 is 10.7. The van der Waals surface area contributed by atoms with Gasteiger partial charge in [-0.05, 0) is 20.3 Å². The number of aliphatic hydroxyl groups is 1. The van der Waals surface area contributed by atoms with Crippen LogP contribution >= 0.6 is 0 Å². The molecule has 1 fully saturated rings. The first-order valence-corrected chi connectivity index (χ1v) is 6.90. The first-order chi connectivity index (χ1) is 8.33. The fourth-order valence-corrected chi connectivity index (χ4v) is 2.47. The van der Waals surface area contributed by atoms with Crippen LogP contribution in [0.15, 0.2) is 0 Å². The van der Waals surface area contributed by atoms with Crippen molar-refractivity contribution in [2.24, 2.45) is 5.41 Å². The van der Waals surface area contributed by atoms with Crippen LogP contribution in [0.3, 0.4) is 0 Å². The van der Waals surface area contributed by atoms with Gasteiger partial charge in [0.15, 0.2) is 0 Å². The molecule has 0 heterocycles. The van der Waals surface area contributed by atoms with Gasteiger partial charge in [0.25, 0.3) is 0 Å². The van der Waals surface area contributed by atoms with Crippen molar-refractivity contribution >= 4 is 0 Å². The summed E-state index contributed by atoms with van der Waals surface area (Å²) in [5.41, 5.74) is -0.559. The van der Waals surface area contributed by atoms with E-state index in [2.05, 4.69) is 19.2 Å². The standard InChI is InChI=1S/C14H29NO3/c1-6-18-12-9-11(13(12,2)3)15-10-14(4,16)7-8-17-5/h11-12,15-16H,6-10H2,1-5H3. The van der Waals surface area contributed by atoms with Gasteiger partial charge in [0.2, 0.25) is 0 Å². The minimum absolute atomic E-state index is 0.146. The Balaban J connectivity index is 2.33. The molecule has 1 aliphatic carbocycles. The molecule has 0 amide bonds. The number of hydrogen-bond donors (Lipinski definition) is 2. The normalized spacial score (nSPS) is 29.7. The Morgan fingerprint density at radius 2 is 2.11 bits per heavy atom. The molecule has 1 saturated carbocycles. The minimum Gasteiger partial charge on any atom is -0.389 e. The number of methoxy groups -OCH3 is 1. The molecule has 2 N–H and O–H groups in total. The monoisotopic (exact) mass is 259 g/mol. The second kappa shape index (κ2) is 6.33. The van der Waals surface area contributed by atoms with Crippen molar-refractivity contribution in [2.75, 3.05) is 26.9 Å². The van der Waals surface area contributed by atoms with Gasteiger partial charge < -0.3 is 19.9 Å². The number of rotatable bonds is 8. The number of ether oxygens (including phenoxy) is 2. The first kappa shape index (κ1) is 15.9. The molecule has 1 aliphatic rings. The molecule has 3 unspecified atom stereocenters. The lowest BCUT2D eigenvalue weighted by Gasteiger charge is -2.52. The van der Waals surface area contributed by atoms with Crippen LogP contribution in [0.5, 0.6) is 0 Å². The van der Waals surface area contributed by atoms with Crippen LogP contribution in [0.4, 0.5) is 0 Å². The molecular weight excluding hydrogens is 230 g/mol. The van der Waals surface area contributed by atoms with Gasteiger partial charge in [-0.25, -0.2) is 0 Å². The Hall–Kier alpha value is -0.160. The van der Waals surface area contributed by atoms with Gasteiger partial charge in [0, 0.05) is 44.7 Å². The van der Waals surface area contributed by atoms with Crippen LogP contribution in [0.1, 0.15) is 40.5 Å². The SMILES string of the molecule is CCOC1CC(NCC(C)(O)CCOC)C1(C)C. The highest BCUT2D eigenvalue weighted by Crippen LogP contribution is 2.42. The van der Waals surface area contributed by atoms with Crippen molar-refractivity contribution < 1.29 is 14.6 Å². The van der Waals surface area contributed by atoms with Crippen LogP contribution in [-0.4, -0.2) is 49.7 Å². The number of nitrogens with one attached hydrogen (secondary N) is 1. The lowest BCUT2D eigenvalue weighted by molar-refractivity contribution is -0.118. The third-order valence-corrected chi connectivity index (χ3v) is 4.12. The summed E-state index contributed by atoms with van der Waals surface area (Å²) in [5.74, 6) is 0. The van der Waals surface area contributed by atoms with Crippen molar-refractivity contribution in [3.05, 3.63) is 0 Å². The Morgan fingerprint density at radius 3 is 2.61 bits per heavy atom.